The van der Waals surface area contributed by atoms with Gasteiger partial charge < -0.3 is 9.47 Å². The molecule has 0 amide bonds. The summed E-state index contributed by atoms with van der Waals surface area (Å²) in [4.78, 5) is 13.4. The minimum absolute atomic E-state index is 0.153. The van der Waals surface area contributed by atoms with E-state index in [4.69, 9.17) is 21.1 Å². The maximum absolute atomic E-state index is 13.4. The maximum Gasteiger partial charge on any atom is 0.263 e. The molecule has 0 aliphatic carbocycles. The van der Waals surface area contributed by atoms with Crippen molar-refractivity contribution in [3.63, 3.8) is 0 Å². The van der Waals surface area contributed by atoms with Crippen LogP contribution < -0.4 is 15.0 Å². The molecule has 5 aromatic rings. The van der Waals surface area contributed by atoms with Gasteiger partial charge in [0.15, 0.2) is 17.3 Å². The number of nitrogens with zero attached hydrogens (tertiary/aromatic N) is 4. The Morgan fingerprint density at radius 2 is 1.66 bits per heavy atom. The van der Waals surface area contributed by atoms with Gasteiger partial charge in [-0.2, -0.15) is 0 Å². The number of halogens is 1. The van der Waals surface area contributed by atoms with Crippen molar-refractivity contribution in [2.75, 3.05) is 14.2 Å². The van der Waals surface area contributed by atoms with E-state index in [0.717, 1.165) is 16.6 Å². The van der Waals surface area contributed by atoms with Crippen molar-refractivity contribution in [2.24, 2.45) is 0 Å². The van der Waals surface area contributed by atoms with Gasteiger partial charge in [-0.25, -0.2) is 0 Å². The Bertz CT molecular complexity index is 1520. The summed E-state index contributed by atoms with van der Waals surface area (Å²) in [6.45, 7) is 0.275. The minimum atomic E-state index is -0.153. The number of para-hydroxylation sites is 1. The van der Waals surface area contributed by atoms with E-state index < -0.39 is 0 Å². The molecule has 0 aliphatic rings. The zero-order valence-electron chi connectivity index (χ0n) is 17.4. The lowest BCUT2D eigenvalue weighted by molar-refractivity contribution is 0.355. The molecule has 3 aromatic carbocycles. The first kappa shape index (κ1) is 20.1. The first-order valence-corrected chi connectivity index (χ1v) is 10.3. The largest absolute Gasteiger partial charge is 0.493 e. The molecule has 8 heteroatoms. The van der Waals surface area contributed by atoms with Crippen LogP contribution in [0.1, 0.15) is 5.56 Å². The van der Waals surface area contributed by atoms with Gasteiger partial charge in [-0.3, -0.25) is 13.8 Å². The van der Waals surface area contributed by atoms with E-state index in [0.29, 0.717) is 33.5 Å². The second kappa shape index (κ2) is 8.01. The number of hydrogen-bond acceptors (Lipinski definition) is 5. The van der Waals surface area contributed by atoms with Gasteiger partial charge in [0, 0.05) is 10.6 Å². The number of rotatable bonds is 5. The number of fused-ring (bicyclic) bond motifs is 3. The molecule has 0 atom stereocenters. The van der Waals surface area contributed by atoms with Crippen molar-refractivity contribution in [1.82, 2.24) is 19.2 Å². The summed E-state index contributed by atoms with van der Waals surface area (Å²) in [5.74, 6) is 2.21. The molecule has 2 heterocycles. The Kier molecular flexibility index (Phi) is 5.03. The highest BCUT2D eigenvalue weighted by atomic mass is 35.5. The van der Waals surface area contributed by atoms with Crippen molar-refractivity contribution in [3.05, 3.63) is 87.7 Å². The normalized spacial score (nSPS) is 11.2. The molecule has 0 radical (unpaired) electrons. The van der Waals surface area contributed by atoms with Gasteiger partial charge in [-0.15, -0.1) is 10.2 Å². The van der Waals surface area contributed by atoms with Crippen LogP contribution in [0.25, 0.3) is 28.1 Å². The van der Waals surface area contributed by atoms with Crippen molar-refractivity contribution >= 4 is 28.3 Å². The molecule has 0 unspecified atom stereocenters. The van der Waals surface area contributed by atoms with Crippen LogP contribution in [0.3, 0.4) is 0 Å². The molecule has 0 saturated heterocycles. The molecule has 5 rings (SSSR count). The Labute approximate surface area is 188 Å². The molecule has 0 spiro atoms. The van der Waals surface area contributed by atoms with Crippen LogP contribution in [0.4, 0.5) is 0 Å². The molecule has 0 aliphatic heterocycles. The summed E-state index contributed by atoms with van der Waals surface area (Å²) < 4.78 is 14.3. The fraction of sp³-hybridized carbons (Fsp3) is 0.125. The SMILES string of the molecule is COc1ccc(-c2nnc3n(Cc4ccccc4Cl)c(=O)c4ccccc4n23)cc1OC. The van der Waals surface area contributed by atoms with Gasteiger partial charge in [-0.05, 0) is 42.0 Å². The topological polar surface area (TPSA) is 70.7 Å². The lowest BCUT2D eigenvalue weighted by atomic mass is 10.1. The van der Waals surface area contributed by atoms with Crippen LogP contribution in [0.2, 0.25) is 5.02 Å². The number of ether oxygens (including phenoxy) is 2. The number of hydrogen-bond donors (Lipinski definition) is 0. The number of aromatic nitrogens is 4. The van der Waals surface area contributed by atoms with Crippen LogP contribution >= 0.6 is 11.6 Å². The van der Waals surface area contributed by atoms with Gasteiger partial charge in [0.05, 0.1) is 31.7 Å². The van der Waals surface area contributed by atoms with Crippen LogP contribution in [0.5, 0.6) is 11.5 Å². The number of methoxy groups -OCH3 is 2. The summed E-state index contributed by atoms with van der Waals surface area (Å²) >= 11 is 6.37. The first-order valence-electron chi connectivity index (χ1n) is 9.95. The van der Waals surface area contributed by atoms with Gasteiger partial charge >= 0.3 is 0 Å². The fourth-order valence-electron chi connectivity index (χ4n) is 3.86. The molecule has 0 N–H and O–H groups in total. The van der Waals surface area contributed by atoms with Crippen LogP contribution in [0, 0.1) is 0 Å². The van der Waals surface area contributed by atoms with Crippen molar-refractivity contribution in [2.45, 2.75) is 6.54 Å². The number of benzene rings is 3. The maximum atomic E-state index is 13.4. The average Bonchev–Trinajstić information content (AvgIpc) is 3.27. The third-order valence-corrected chi connectivity index (χ3v) is 5.80. The van der Waals surface area contributed by atoms with E-state index in [1.165, 1.54) is 0 Å². The summed E-state index contributed by atoms with van der Waals surface area (Å²) in [7, 11) is 3.17. The van der Waals surface area contributed by atoms with Crippen molar-refractivity contribution < 1.29 is 9.47 Å². The second-order valence-electron chi connectivity index (χ2n) is 7.23. The highest BCUT2D eigenvalue weighted by molar-refractivity contribution is 6.31. The third kappa shape index (κ3) is 3.18. The lowest BCUT2D eigenvalue weighted by Gasteiger charge is -2.13. The minimum Gasteiger partial charge on any atom is -0.493 e. The molecule has 160 valence electrons. The van der Waals surface area contributed by atoms with Crippen LogP contribution in [-0.4, -0.2) is 33.4 Å². The monoisotopic (exact) mass is 446 g/mol. The highest BCUT2D eigenvalue weighted by Gasteiger charge is 2.19. The second-order valence-corrected chi connectivity index (χ2v) is 7.64. The summed E-state index contributed by atoms with van der Waals surface area (Å²) in [5, 5.41) is 9.98. The predicted octanol–water partition coefficient (Wildman–Crippen LogP) is 4.43. The molecular formula is C24H19ClN4O3. The van der Waals surface area contributed by atoms with Gasteiger partial charge in [0.25, 0.3) is 5.56 Å². The molecule has 0 bridgehead atoms. The lowest BCUT2D eigenvalue weighted by Crippen LogP contribution is -2.24. The zero-order chi connectivity index (χ0) is 22.2. The Morgan fingerprint density at radius 1 is 0.906 bits per heavy atom. The molecule has 2 aromatic heterocycles. The molecule has 0 saturated carbocycles. The Hall–Kier alpha value is -3.84. The third-order valence-electron chi connectivity index (χ3n) is 5.44. The highest BCUT2D eigenvalue weighted by Crippen LogP contribution is 2.32. The van der Waals surface area contributed by atoms with Crippen molar-refractivity contribution in [1.29, 1.82) is 0 Å². The first-order chi connectivity index (χ1) is 15.6. The Balaban J connectivity index is 1.81. The van der Waals surface area contributed by atoms with Crippen molar-refractivity contribution in [3.8, 4) is 22.9 Å². The van der Waals surface area contributed by atoms with E-state index in [1.54, 1.807) is 30.9 Å². The molecular weight excluding hydrogens is 428 g/mol. The van der Waals surface area contributed by atoms with E-state index >= 15 is 0 Å². The quantitative estimate of drug-likeness (QED) is 0.399. The van der Waals surface area contributed by atoms with Crippen LogP contribution in [-0.2, 0) is 6.54 Å². The Morgan fingerprint density at radius 3 is 2.44 bits per heavy atom. The predicted molar refractivity (Wildman–Crippen MR) is 124 cm³/mol. The zero-order valence-corrected chi connectivity index (χ0v) is 18.2. The summed E-state index contributed by atoms with van der Waals surface area (Å²) in [6.07, 6.45) is 0. The van der Waals surface area contributed by atoms with E-state index in [9.17, 15) is 4.79 Å². The standard InChI is InChI=1S/C24H19ClN4O3/c1-31-20-12-11-15(13-21(20)32-2)22-26-27-24-28(14-16-7-3-5-9-18(16)25)23(30)17-8-4-6-10-19(17)29(22)24/h3-13H,14H2,1-2H3. The summed E-state index contributed by atoms with van der Waals surface area (Å²) in [6, 6.07) is 20.4. The molecule has 0 fully saturated rings. The van der Waals surface area contributed by atoms with E-state index in [2.05, 4.69) is 10.2 Å². The van der Waals surface area contributed by atoms with Crippen LogP contribution in [0.15, 0.2) is 71.5 Å². The fourth-order valence-corrected chi connectivity index (χ4v) is 4.06. The summed E-state index contributed by atoms with van der Waals surface area (Å²) in [5.41, 5.74) is 2.17. The smallest absolute Gasteiger partial charge is 0.263 e. The van der Waals surface area contributed by atoms with Gasteiger partial charge in [0.1, 0.15) is 0 Å². The van der Waals surface area contributed by atoms with E-state index in [-0.39, 0.29) is 12.1 Å². The van der Waals surface area contributed by atoms with Gasteiger partial charge in [-0.1, -0.05) is 41.9 Å². The van der Waals surface area contributed by atoms with Gasteiger partial charge in [0.2, 0.25) is 5.78 Å². The van der Waals surface area contributed by atoms with E-state index in [1.807, 2.05) is 59.0 Å². The molecule has 7 nitrogen and oxygen atoms in total. The molecule has 32 heavy (non-hydrogen) atoms. The average molecular weight is 447 g/mol.